The molecule has 0 spiro atoms. The fraction of sp³-hybridized carbons (Fsp3) is 0.167. The molecule has 0 unspecified atom stereocenters. The number of allylic oxidation sites excluding steroid dienone is 6. The lowest BCUT2D eigenvalue weighted by molar-refractivity contribution is -0.138. The summed E-state index contributed by atoms with van der Waals surface area (Å²) in [5, 5.41) is 3.32. The minimum Gasteiger partial charge on any atom is -0.266 e. The summed E-state index contributed by atoms with van der Waals surface area (Å²) >= 11 is 5.51. The van der Waals surface area contributed by atoms with E-state index in [0.717, 1.165) is 19.1 Å². The zero-order valence-electron chi connectivity index (χ0n) is 9.92. The third-order valence-corrected chi connectivity index (χ3v) is 2.82. The zero-order chi connectivity index (χ0) is 15.1. The van der Waals surface area contributed by atoms with Gasteiger partial charge in [0.2, 0.25) is 10.7 Å². The van der Waals surface area contributed by atoms with Crippen molar-refractivity contribution in [3.05, 3.63) is 56.8 Å². The van der Waals surface area contributed by atoms with Crippen molar-refractivity contribution in [3.63, 3.8) is 0 Å². The lowest BCUT2D eigenvalue weighted by Crippen LogP contribution is -2.28. The molecular weight excluding hydrogens is 300 g/mol. The Kier molecular flexibility index (Phi) is 3.50. The van der Waals surface area contributed by atoms with E-state index < -0.39 is 28.7 Å². The Morgan fingerprint density at radius 1 is 1.40 bits per heavy atom. The van der Waals surface area contributed by atoms with E-state index in [1.54, 1.807) is 0 Å². The quantitative estimate of drug-likeness (QED) is 0.590. The van der Waals surface area contributed by atoms with Crippen molar-refractivity contribution in [2.24, 2.45) is 0 Å². The lowest BCUT2D eigenvalue weighted by atomic mass is 10.1. The summed E-state index contributed by atoms with van der Waals surface area (Å²) in [6.07, 6.45) is 0.144. The van der Waals surface area contributed by atoms with Crippen molar-refractivity contribution in [1.82, 2.24) is 9.78 Å². The molecule has 3 nitrogen and oxygen atoms in total. The third-order valence-electron chi connectivity index (χ3n) is 2.60. The van der Waals surface area contributed by atoms with E-state index in [0.29, 0.717) is 10.9 Å². The maximum absolute atomic E-state index is 13.7. The van der Waals surface area contributed by atoms with Crippen molar-refractivity contribution in [2.45, 2.75) is 13.1 Å². The van der Waals surface area contributed by atoms with Crippen molar-refractivity contribution < 1.29 is 17.6 Å². The van der Waals surface area contributed by atoms with E-state index in [-0.39, 0.29) is 10.7 Å². The first kappa shape index (κ1) is 14.4. The van der Waals surface area contributed by atoms with E-state index >= 15 is 0 Å². The number of halogens is 5. The van der Waals surface area contributed by atoms with Gasteiger partial charge < -0.3 is 0 Å². The topological polar surface area (TPSA) is 34.9 Å². The van der Waals surface area contributed by atoms with Gasteiger partial charge in [-0.05, 0) is 18.5 Å². The second-order valence-electron chi connectivity index (χ2n) is 3.91. The Hall–Kier alpha value is -1.98. The van der Waals surface area contributed by atoms with Gasteiger partial charge in [-0.1, -0.05) is 0 Å². The number of alkyl halides is 3. The van der Waals surface area contributed by atoms with Crippen LogP contribution in [-0.4, -0.2) is 9.78 Å². The highest BCUT2D eigenvalue weighted by molar-refractivity contribution is 6.31. The summed E-state index contributed by atoms with van der Waals surface area (Å²) in [5.41, 5.74) is -3.11. The molecule has 1 aromatic heterocycles. The maximum Gasteiger partial charge on any atom is 0.418 e. The molecule has 0 radical (unpaired) electrons. The van der Waals surface area contributed by atoms with Gasteiger partial charge in [-0.2, -0.15) is 22.7 Å². The van der Waals surface area contributed by atoms with Crippen molar-refractivity contribution >= 4 is 17.3 Å². The van der Waals surface area contributed by atoms with E-state index in [9.17, 15) is 22.4 Å². The molecule has 0 amide bonds. The van der Waals surface area contributed by atoms with Gasteiger partial charge in [-0.3, -0.25) is 4.79 Å². The molecule has 0 N–H and O–H groups in total. The molecule has 1 aliphatic carbocycles. The van der Waals surface area contributed by atoms with Crippen LogP contribution in [0.2, 0.25) is 0 Å². The zero-order valence-corrected chi connectivity index (χ0v) is 10.7. The third kappa shape index (κ3) is 2.50. The Morgan fingerprint density at radius 3 is 2.60 bits per heavy atom. The number of aromatic nitrogens is 2. The van der Waals surface area contributed by atoms with E-state index in [2.05, 4.69) is 11.2 Å². The number of hydrogen-bond acceptors (Lipinski definition) is 2. The fourth-order valence-corrected chi connectivity index (χ4v) is 1.74. The van der Waals surface area contributed by atoms with Gasteiger partial charge in [-0.25, -0.2) is 0 Å². The SMILES string of the molecule is Cc1c(C(F)(F)F)cnn(C2=C(F)C=C(Cl)[C+]=C2)c1=O. The fourth-order valence-electron chi connectivity index (χ4n) is 1.59. The van der Waals surface area contributed by atoms with Gasteiger partial charge in [0, 0.05) is 5.56 Å². The predicted octanol–water partition coefficient (Wildman–Crippen LogP) is 3.20. The van der Waals surface area contributed by atoms with Crippen LogP contribution in [0.3, 0.4) is 0 Å². The monoisotopic (exact) mass is 305 g/mol. The molecule has 2 rings (SSSR count). The lowest BCUT2D eigenvalue weighted by Gasteiger charge is -2.10. The molecule has 1 heterocycles. The van der Waals surface area contributed by atoms with Crippen molar-refractivity contribution in [3.8, 4) is 0 Å². The molecule has 0 saturated carbocycles. The van der Waals surface area contributed by atoms with Crippen LogP contribution in [0.5, 0.6) is 0 Å². The molecule has 1 aromatic rings. The number of hydrogen-bond donors (Lipinski definition) is 0. The van der Waals surface area contributed by atoms with Gasteiger partial charge >= 0.3 is 6.18 Å². The molecule has 104 valence electrons. The number of nitrogens with zero attached hydrogens (tertiary/aromatic N) is 2. The molecule has 0 atom stereocenters. The van der Waals surface area contributed by atoms with Crippen LogP contribution in [0.4, 0.5) is 17.6 Å². The first-order valence-corrected chi connectivity index (χ1v) is 5.63. The first-order valence-electron chi connectivity index (χ1n) is 5.25. The standard InChI is InChI=1S/C12H6ClF4N2O/c1-6-8(12(15,16)17)5-18-19(11(6)20)10-3-2-7(13)4-9(10)14/h3-5H,1H3/q+1. The van der Waals surface area contributed by atoms with Gasteiger partial charge in [0.25, 0.3) is 11.4 Å². The van der Waals surface area contributed by atoms with Crippen LogP contribution in [0.1, 0.15) is 11.1 Å². The second-order valence-corrected chi connectivity index (χ2v) is 4.32. The summed E-state index contributed by atoms with van der Waals surface area (Å²) in [6.45, 7) is 1.00. The average Bonchev–Trinajstić information content (AvgIpc) is 2.32. The van der Waals surface area contributed by atoms with Crippen LogP contribution in [0.25, 0.3) is 5.70 Å². The van der Waals surface area contributed by atoms with Gasteiger partial charge in [0.05, 0.1) is 17.8 Å². The van der Waals surface area contributed by atoms with Crippen LogP contribution < -0.4 is 5.56 Å². The van der Waals surface area contributed by atoms with E-state index in [1.165, 1.54) is 0 Å². The molecule has 0 saturated heterocycles. The highest BCUT2D eigenvalue weighted by Crippen LogP contribution is 2.30. The Balaban J connectivity index is 2.64. The molecule has 1 aliphatic rings. The smallest absolute Gasteiger partial charge is 0.266 e. The molecule has 20 heavy (non-hydrogen) atoms. The normalized spacial score (nSPS) is 15.2. The largest absolute Gasteiger partial charge is 0.418 e. The minimum absolute atomic E-state index is 0.0251. The number of rotatable bonds is 1. The van der Waals surface area contributed by atoms with Gasteiger partial charge in [0.15, 0.2) is 0 Å². The van der Waals surface area contributed by atoms with Crippen LogP contribution in [0, 0.1) is 13.0 Å². The Morgan fingerprint density at radius 2 is 2.05 bits per heavy atom. The summed E-state index contributed by atoms with van der Waals surface area (Å²) < 4.78 is 52.0. The predicted molar refractivity (Wildman–Crippen MR) is 64.3 cm³/mol. The molecule has 0 bridgehead atoms. The average molecular weight is 306 g/mol. The molecular formula is C12H6ClF4N2O+. The molecule has 0 aliphatic heterocycles. The van der Waals surface area contributed by atoms with Crippen LogP contribution >= 0.6 is 11.6 Å². The highest BCUT2D eigenvalue weighted by Gasteiger charge is 2.35. The summed E-state index contributed by atoms with van der Waals surface area (Å²) in [4.78, 5) is 11.9. The van der Waals surface area contributed by atoms with Crippen molar-refractivity contribution in [2.75, 3.05) is 0 Å². The summed E-state index contributed by atoms with van der Waals surface area (Å²) in [6, 6.07) is 0. The van der Waals surface area contributed by atoms with Crippen LogP contribution in [-0.2, 0) is 6.18 Å². The minimum atomic E-state index is -4.69. The van der Waals surface area contributed by atoms with Gasteiger partial charge in [0.1, 0.15) is 12.2 Å². The first-order chi connectivity index (χ1) is 9.21. The second kappa shape index (κ2) is 4.85. The molecule has 8 heteroatoms. The Bertz CT molecular complexity index is 713. The maximum atomic E-state index is 13.7. The van der Waals surface area contributed by atoms with E-state index in [4.69, 9.17) is 11.6 Å². The Labute approximate surface area is 115 Å². The molecule has 0 fully saturated rings. The highest BCUT2D eigenvalue weighted by atomic mass is 35.5. The van der Waals surface area contributed by atoms with Crippen LogP contribution in [0.15, 0.2) is 34.0 Å². The van der Waals surface area contributed by atoms with E-state index in [1.807, 2.05) is 0 Å². The molecule has 0 aromatic carbocycles. The van der Waals surface area contributed by atoms with Gasteiger partial charge in [-0.15, -0.1) is 4.68 Å². The summed E-state index contributed by atoms with van der Waals surface area (Å²) in [5.74, 6) is -0.887. The van der Waals surface area contributed by atoms with Crippen molar-refractivity contribution in [1.29, 1.82) is 0 Å². The summed E-state index contributed by atoms with van der Waals surface area (Å²) in [7, 11) is 0.